The highest BCUT2D eigenvalue weighted by Gasteiger charge is 2.27. The predicted molar refractivity (Wildman–Crippen MR) is 209 cm³/mol. The summed E-state index contributed by atoms with van der Waals surface area (Å²) in [5.74, 6) is -2.84. The standard InChI is InChI=1S/C36H50N8O12S/c1-5-7-8-9-10-11-12-13-27(36(47)48)22-31(46)56-21-20-55-19-18-54-17-16-53-15-14-42(6-2)34-28(24-37)25(3)32(33(39-34)38-26(4)45)40-41-35-29(43(49)50)23-30(57-35)44(51)52/h11-12,23,27H,5-10,13-22H2,1-4H3,(H,47,48)(H,38,39,45)/b12-11+,41-40?. The average Bonchev–Trinajstić information content (AvgIpc) is 3.60. The van der Waals surface area contributed by atoms with Crippen molar-refractivity contribution >= 4 is 62.2 Å². The molecule has 2 N–H and O–H groups in total. The van der Waals surface area contributed by atoms with E-state index in [4.69, 9.17) is 18.9 Å². The smallest absolute Gasteiger partial charge is 0.333 e. The van der Waals surface area contributed by atoms with Crippen LogP contribution in [0.4, 0.5) is 33.0 Å². The van der Waals surface area contributed by atoms with Crippen molar-refractivity contribution in [3.63, 3.8) is 0 Å². The highest BCUT2D eigenvalue weighted by atomic mass is 32.1. The van der Waals surface area contributed by atoms with E-state index in [0.29, 0.717) is 24.4 Å². The van der Waals surface area contributed by atoms with Crippen LogP contribution < -0.4 is 10.2 Å². The molecule has 0 saturated heterocycles. The van der Waals surface area contributed by atoms with E-state index in [2.05, 4.69) is 33.5 Å². The number of carbonyl (C=O) groups is 3. The van der Waals surface area contributed by atoms with Crippen LogP contribution in [0.2, 0.25) is 0 Å². The van der Waals surface area contributed by atoms with Crippen LogP contribution in [0.3, 0.4) is 0 Å². The highest BCUT2D eigenvalue weighted by molar-refractivity contribution is 7.19. The minimum absolute atomic E-state index is 0.0107. The lowest BCUT2D eigenvalue weighted by molar-refractivity contribution is -0.389. The van der Waals surface area contributed by atoms with E-state index in [1.165, 1.54) is 13.3 Å². The molecule has 1 unspecified atom stereocenters. The number of nitro groups is 2. The fourth-order valence-electron chi connectivity index (χ4n) is 5.11. The van der Waals surface area contributed by atoms with Crippen molar-refractivity contribution in [2.75, 3.05) is 69.6 Å². The summed E-state index contributed by atoms with van der Waals surface area (Å²) in [6.07, 6.45) is 9.24. The van der Waals surface area contributed by atoms with Crippen molar-refractivity contribution in [1.29, 1.82) is 5.26 Å². The maximum Gasteiger partial charge on any atom is 0.333 e. The number of hydrogen-bond donors (Lipinski definition) is 2. The molecule has 0 fully saturated rings. The number of amides is 1. The number of pyridine rings is 1. The molecule has 0 aliphatic rings. The minimum Gasteiger partial charge on any atom is -0.481 e. The van der Waals surface area contributed by atoms with Crippen LogP contribution in [-0.2, 0) is 33.3 Å². The highest BCUT2D eigenvalue weighted by Crippen LogP contribution is 2.43. The summed E-state index contributed by atoms with van der Waals surface area (Å²) in [4.78, 5) is 62.9. The van der Waals surface area contributed by atoms with Crippen LogP contribution in [0.1, 0.15) is 76.8 Å². The molecule has 0 saturated carbocycles. The van der Waals surface area contributed by atoms with Gasteiger partial charge in [0.05, 0.1) is 67.4 Å². The van der Waals surface area contributed by atoms with E-state index in [-0.39, 0.29) is 92.5 Å². The monoisotopic (exact) mass is 818 g/mol. The zero-order chi connectivity index (χ0) is 42.2. The third-order valence-corrected chi connectivity index (χ3v) is 9.06. The van der Waals surface area contributed by atoms with E-state index in [0.717, 1.165) is 31.7 Å². The Morgan fingerprint density at radius 1 is 1.02 bits per heavy atom. The number of carboxylic acids is 1. The van der Waals surface area contributed by atoms with E-state index in [9.17, 15) is 45.0 Å². The predicted octanol–water partition coefficient (Wildman–Crippen LogP) is 6.94. The van der Waals surface area contributed by atoms with Crippen molar-refractivity contribution in [2.45, 2.75) is 72.6 Å². The molecule has 57 heavy (non-hydrogen) atoms. The van der Waals surface area contributed by atoms with Gasteiger partial charge in [0, 0.05) is 25.6 Å². The van der Waals surface area contributed by atoms with Gasteiger partial charge in [-0.3, -0.25) is 34.6 Å². The number of hydrogen-bond acceptors (Lipinski definition) is 17. The number of nitrogens with zero attached hydrogens (tertiary/aromatic N) is 7. The lowest BCUT2D eigenvalue weighted by Gasteiger charge is -2.25. The molecular formula is C36H50N8O12S. The topological polar surface area (TPSA) is 271 Å². The summed E-state index contributed by atoms with van der Waals surface area (Å²) in [6.45, 7) is 8.78. The molecule has 312 valence electrons. The zero-order valence-corrected chi connectivity index (χ0v) is 33.4. The molecule has 0 spiro atoms. The molecule has 2 heterocycles. The van der Waals surface area contributed by atoms with E-state index in [1.807, 2.05) is 19.1 Å². The van der Waals surface area contributed by atoms with Gasteiger partial charge in [0.15, 0.2) is 5.82 Å². The zero-order valence-electron chi connectivity index (χ0n) is 32.6. The molecule has 0 radical (unpaired) electrons. The number of azo groups is 1. The molecule has 21 heteroatoms. The van der Waals surface area contributed by atoms with Crippen LogP contribution in [-0.4, -0.2) is 97.1 Å². The molecule has 2 aromatic heterocycles. The van der Waals surface area contributed by atoms with Gasteiger partial charge >= 0.3 is 22.6 Å². The van der Waals surface area contributed by atoms with Crippen molar-refractivity contribution in [3.8, 4) is 6.07 Å². The van der Waals surface area contributed by atoms with Crippen molar-refractivity contribution in [2.24, 2.45) is 16.1 Å². The largest absolute Gasteiger partial charge is 0.481 e. The van der Waals surface area contributed by atoms with Gasteiger partial charge in [-0.05, 0) is 44.4 Å². The molecule has 0 bridgehead atoms. The number of aromatic nitrogens is 1. The summed E-state index contributed by atoms with van der Waals surface area (Å²) in [5.41, 5.74) is -0.315. The van der Waals surface area contributed by atoms with Gasteiger partial charge in [0.1, 0.15) is 30.2 Å². The number of esters is 1. The summed E-state index contributed by atoms with van der Waals surface area (Å²) >= 11 is 0.448. The third-order valence-electron chi connectivity index (χ3n) is 8.10. The maximum atomic E-state index is 12.1. The number of thiophene rings is 1. The van der Waals surface area contributed by atoms with Crippen LogP contribution >= 0.6 is 11.3 Å². The van der Waals surface area contributed by atoms with Crippen LogP contribution in [0, 0.1) is 44.4 Å². The number of carboxylic acid groups (broad SMARTS) is 1. The summed E-state index contributed by atoms with van der Waals surface area (Å²) in [6, 6.07) is 2.86. The van der Waals surface area contributed by atoms with Gasteiger partial charge in [0.25, 0.3) is 0 Å². The molecular weight excluding hydrogens is 769 g/mol. The Hall–Kier alpha value is -5.43. The van der Waals surface area contributed by atoms with Crippen LogP contribution in [0.5, 0.6) is 0 Å². The molecule has 1 atom stereocenters. The fourth-order valence-corrected chi connectivity index (χ4v) is 5.87. The number of aliphatic carboxylic acids is 1. The lowest BCUT2D eigenvalue weighted by Crippen LogP contribution is -2.30. The number of nitriles is 1. The first-order chi connectivity index (χ1) is 27.3. The Kier molecular flexibility index (Phi) is 22.1. The van der Waals surface area contributed by atoms with E-state index >= 15 is 0 Å². The maximum absolute atomic E-state index is 12.1. The van der Waals surface area contributed by atoms with Crippen molar-refractivity contribution in [1.82, 2.24) is 4.98 Å². The Labute approximate surface area is 334 Å². The van der Waals surface area contributed by atoms with Gasteiger partial charge in [-0.15, -0.1) is 10.2 Å². The summed E-state index contributed by atoms with van der Waals surface area (Å²) in [7, 11) is 0. The van der Waals surface area contributed by atoms with Crippen molar-refractivity contribution < 1.29 is 48.3 Å². The quantitative estimate of drug-likeness (QED) is 0.0210. The Morgan fingerprint density at radius 3 is 2.26 bits per heavy atom. The lowest BCUT2D eigenvalue weighted by atomic mass is 10.0. The van der Waals surface area contributed by atoms with Crippen molar-refractivity contribution in [3.05, 3.63) is 49.6 Å². The number of nitrogens with one attached hydrogen (secondary N) is 1. The molecule has 1 amide bonds. The number of anilines is 2. The summed E-state index contributed by atoms with van der Waals surface area (Å²) in [5, 5.41) is 51.7. The van der Waals surface area contributed by atoms with E-state index in [1.54, 1.807) is 11.8 Å². The first kappa shape index (κ1) is 47.7. The Morgan fingerprint density at radius 2 is 1.68 bits per heavy atom. The SMILES string of the molecule is CCCCCC/C=C/CC(CC(=O)OCCOCCOCCOCCN(CC)c1nc(NC(C)=O)c(N=Nc2sc([N+](=O)[O-])cc2[N+](=O)[O-])c(C)c1C#N)C(=O)O. The van der Waals surface area contributed by atoms with Gasteiger partial charge in [0.2, 0.25) is 10.9 Å². The average molecular weight is 819 g/mol. The molecule has 0 aromatic carbocycles. The van der Waals surface area contributed by atoms with Gasteiger partial charge in [-0.2, -0.15) is 5.26 Å². The second-order valence-electron chi connectivity index (χ2n) is 12.3. The van der Waals surface area contributed by atoms with Crippen LogP contribution in [0.15, 0.2) is 28.4 Å². The summed E-state index contributed by atoms with van der Waals surface area (Å²) < 4.78 is 21.7. The van der Waals surface area contributed by atoms with Gasteiger partial charge < -0.3 is 34.3 Å². The first-order valence-corrected chi connectivity index (χ1v) is 19.2. The minimum atomic E-state index is -1.04. The number of likely N-dealkylation sites (N-methyl/N-ethyl adjacent to an activating group) is 1. The molecule has 2 rings (SSSR count). The number of rotatable bonds is 29. The molecule has 2 aromatic rings. The number of ether oxygens (including phenoxy) is 4. The molecule has 0 aliphatic heterocycles. The number of allylic oxidation sites excluding steroid dienone is 2. The number of carbonyl (C=O) groups excluding carboxylic acids is 2. The normalized spacial score (nSPS) is 11.8. The molecule has 20 nitrogen and oxygen atoms in total. The Bertz CT molecular complexity index is 1760. The van der Waals surface area contributed by atoms with Gasteiger partial charge in [-0.25, -0.2) is 4.98 Å². The Balaban J connectivity index is 1.81. The first-order valence-electron chi connectivity index (χ1n) is 18.4. The third kappa shape index (κ3) is 17.1. The van der Waals surface area contributed by atoms with E-state index < -0.39 is 44.3 Å². The number of unbranched alkanes of at least 4 members (excludes halogenated alkanes) is 4. The van der Waals surface area contributed by atoms with Gasteiger partial charge in [-0.1, -0.05) is 38.3 Å². The second kappa shape index (κ2) is 26.4. The molecule has 0 aliphatic carbocycles. The fraction of sp³-hybridized carbons (Fsp3) is 0.583. The van der Waals surface area contributed by atoms with Crippen LogP contribution in [0.25, 0.3) is 0 Å². The second-order valence-corrected chi connectivity index (χ2v) is 13.4.